The van der Waals surface area contributed by atoms with E-state index in [2.05, 4.69) is 22.0 Å². The van der Waals surface area contributed by atoms with E-state index in [1.165, 1.54) is 16.0 Å². The number of hydrogen-bond donors (Lipinski definition) is 1. The lowest BCUT2D eigenvalue weighted by molar-refractivity contribution is -0.772. The highest BCUT2D eigenvalue weighted by Gasteiger charge is 2.29. The summed E-state index contributed by atoms with van der Waals surface area (Å²) in [5.74, 6) is -0.735. The van der Waals surface area contributed by atoms with Crippen LogP contribution in [0.25, 0.3) is 0 Å². The number of nitrogens with one attached hydrogen (secondary N) is 1. The molecular weight excluding hydrogens is 390 g/mol. The number of fused-ring (bicyclic) bond motifs is 1. The molecule has 1 aliphatic rings. The molecule has 8 nitrogen and oxygen atoms in total. The van der Waals surface area contributed by atoms with Crippen molar-refractivity contribution in [3.63, 3.8) is 0 Å². The number of thioether (sulfide) groups is 1. The fourth-order valence-electron chi connectivity index (χ4n) is 3.01. The van der Waals surface area contributed by atoms with Gasteiger partial charge in [0.15, 0.2) is 13.0 Å². The van der Waals surface area contributed by atoms with Crippen LogP contribution in [0.2, 0.25) is 0 Å². The number of thiophene rings is 1. The zero-order valence-electron chi connectivity index (χ0n) is 15.4. The Balaban J connectivity index is 1.77. The smallest absolute Gasteiger partial charge is 0.341 e. The summed E-state index contributed by atoms with van der Waals surface area (Å²) < 4.78 is 11.0. The van der Waals surface area contributed by atoms with Gasteiger partial charge in [-0.3, -0.25) is 4.79 Å². The maximum Gasteiger partial charge on any atom is 0.341 e. The zero-order valence-corrected chi connectivity index (χ0v) is 17.0. The number of amides is 1. The summed E-state index contributed by atoms with van der Waals surface area (Å²) in [5, 5.41) is 18.6. The number of anilines is 1. The molecule has 27 heavy (non-hydrogen) atoms. The Morgan fingerprint density at radius 1 is 1.52 bits per heavy atom. The van der Waals surface area contributed by atoms with E-state index in [0.29, 0.717) is 16.5 Å². The second-order valence-corrected chi connectivity index (χ2v) is 8.47. The SMILES string of the molecule is CCOC(=O)c1c(NC(=O)CSc2c([O-])on[n+]2C)sc2c1CCC(C)C2. The minimum absolute atomic E-state index is 0.00548. The number of ether oxygens (including phenoxy) is 1. The Hall–Kier alpha value is -2.07. The van der Waals surface area contributed by atoms with Crippen LogP contribution < -0.4 is 15.1 Å². The van der Waals surface area contributed by atoms with Gasteiger partial charge in [0.05, 0.1) is 23.2 Å². The monoisotopic (exact) mass is 411 g/mol. The van der Waals surface area contributed by atoms with E-state index in [0.717, 1.165) is 41.5 Å². The molecule has 2 aromatic rings. The first-order valence-corrected chi connectivity index (χ1v) is 10.5. The molecule has 2 heterocycles. The summed E-state index contributed by atoms with van der Waals surface area (Å²) in [6, 6.07) is 0. The molecule has 0 bridgehead atoms. The van der Waals surface area contributed by atoms with E-state index in [1.54, 1.807) is 14.0 Å². The van der Waals surface area contributed by atoms with Gasteiger partial charge in [0.25, 0.3) is 5.03 Å². The van der Waals surface area contributed by atoms with E-state index >= 15 is 0 Å². The minimum atomic E-state index is -0.580. The topological polar surface area (TPSA) is 108 Å². The van der Waals surface area contributed by atoms with Crippen LogP contribution in [-0.4, -0.2) is 29.5 Å². The van der Waals surface area contributed by atoms with E-state index in [-0.39, 0.29) is 23.3 Å². The third kappa shape index (κ3) is 4.27. The predicted molar refractivity (Wildman–Crippen MR) is 97.9 cm³/mol. The fourth-order valence-corrected chi connectivity index (χ4v) is 5.14. The molecule has 10 heteroatoms. The largest absolute Gasteiger partial charge is 0.538 e. The average molecular weight is 412 g/mol. The molecule has 2 aromatic heterocycles. The lowest BCUT2D eigenvalue weighted by atomic mass is 9.88. The number of rotatable bonds is 6. The molecule has 0 aromatic carbocycles. The first-order valence-electron chi connectivity index (χ1n) is 8.68. The van der Waals surface area contributed by atoms with E-state index in [9.17, 15) is 14.7 Å². The van der Waals surface area contributed by atoms with Crippen molar-refractivity contribution in [2.75, 3.05) is 17.7 Å². The van der Waals surface area contributed by atoms with Crippen LogP contribution in [0.3, 0.4) is 0 Å². The van der Waals surface area contributed by atoms with Crippen molar-refractivity contribution < 1.29 is 28.6 Å². The Kier molecular flexibility index (Phi) is 6.05. The van der Waals surface area contributed by atoms with Gasteiger partial charge < -0.3 is 19.7 Å². The van der Waals surface area contributed by atoms with Gasteiger partial charge in [-0.25, -0.2) is 4.79 Å². The van der Waals surface area contributed by atoms with Crippen LogP contribution in [0, 0.1) is 5.92 Å². The molecule has 1 unspecified atom stereocenters. The van der Waals surface area contributed by atoms with Crippen LogP contribution >= 0.6 is 23.1 Å². The summed E-state index contributed by atoms with van der Waals surface area (Å²) in [6.45, 7) is 4.22. The van der Waals surface area contributed by atoms with Crippen molar-refractivity contribution in [1.29, 1.82) is 0 Å². The number of carbonyl (C=O) groups excluding carboxylic acids is 2. The fraction of sp³-hybridized carbons (Fsp3) is 0.529. The molecule has 3 rings (SSSR count). The normalized spacial score (nSPS) is 16.0. The van der Waals surface area contributed by atoms with Crippen LogP contribution in [0.15, 0.2) is 9.55 Å². The predicted octanol–water partition coefficient (Wildman–Crippen LogP) is 1.67. The van der Waals surface area contributed by atoms with Gasteiger partial charge in [-0.15, -0.1) is 11.3 Å². The molecule has 0 spiro atoms. The minimum Gasteiger partial charge on any atom is -0.538 e. The molecule has 1 amide bonds. The number of aromatic nitrogens is 2. The van der Waals surface area contributed by atoms with Gasteiger partial charge in [0, 0.05) is 4.88 Å². The highest BCUT2D eigenvalue weighted by Crippen LogP contribution is 2.40. The molecule has 0 fully saturated rings. The van der Waals surface area contributed by atoms with Crippen LogP contribution in [-0.2, 0) is 29.4 Å². The molecule has 1 aliphatic carbocycles. The molecule has 0 saturated carbocycles. The van der Waals surface area contributed by atoms with E-state index < -0.39 is 11.9 Å². The van der Waals surface area contributed by atoms with E-state index in [1.807, 2.05) is 0 Å². The lowest BCUT2D eigenvalue weighted by Gasteiger charge is -2.18. The first-order chi connectivity index (χ1) is 12.9. The maximum atomic E-state index is 12.5. The van der Waals surface area contributed by atoms with Gasteiger partial charge in [-0.2, -0.15) is 0 Å². The van der Waals surface area contributed by atoms with Crippen LogP contribution in [0.5, 0.6) is 5.95 Å². The Bertz CT molecular complexity index is 842. The Labute approximate surface area is 164 Å². The van der Waals surface area contributed by atoms with Gasteiger partial charge >= 0.3 is 5.97 Å². The van der Waals surface area contributed by atoms with Gasteiger partial charge in [-0.05, 0) is 49.4 Å². The standard InChI is InChI=1S/C17H21N3O5S2/c1-4-24-16(22)13-10-6-5-9(2)7-11(10)27-14(13)18-12(21)8-26-15-17(23)25-19-20(15)3/h9H,4-8H2,1-3H3,(H-,18,19,21,22,23). The van der Waals surface area contributed by atoms with Gasteiger partial charge in [0.1, 0.15) is 5.00 Å². The molecule has 1 N–H and O–H groups in total. The molecule has 0 radical (unpaired) electrons. The molecule has 0 saturated heterocycles. The third-order valence-corrected chi connectivity index (χ3v) is 6.58. The first kappa shape index (κ1) is 19.7. The van der Waals surface area contributed by atoms with Crippen molar-refractivity contribution in [2.45, 2.75) is 38.1 Å². The second-order valence-electron chi connectivity index (χ2n) is 6.40. The highest BCUT2D eigenvalue weighted by molar-refractivity contribution is 7.99. The summed E-state index contributed by atoms with van der Waals surface area (Å²) in [4.78, 5) is 26.0. The van der Waals surface area contributed by atoms with Crippen molar-refractivity contribution in [1.82, 2.24) is 5.27 Å². The molecular formula is C17H21N3O5S2. The number of hydrogen-bond acceptors (Lipinski definition) is 8. The van der Waals surface area contributed by atoms with Gasteiger partial charge in [-0.1, -0.05) is 11.6 Å². The van der Waals surface area contributed by atoms with Crippen LogP contribution in [0.4, 0.5) is 5.00 Å². The quantitative estimate of drug-likeness (QED) is 0.437. The van der Waals surface area contributed by atoms with Crippen LogP contribution in [0.1, 0.15) is 41.1 Å². The third-order valence-electron chi connectivity index (χ3n) is 4.30. The van der Waals surface area contributed by atoms with Crippen molar-refractivity contribution >= 4 is 40.0 Å². The molecule has 1 atom stereocenters. The highest BCUT2D eigenvalue weighted by atomic mass is 32.2. The lowest BCUT2D eigenvalue weighted by Crippen LogP contribution is -2.32. The van der Waals surface area contributed by atoms with Crippen molar-refractivity contribution in [2.24, 2.45) is 13.0 Å². The van der Waals surface area contributed by atoms with Crippen molar-refractivity contribution in [3.8, 4) is 5.95 Å². The maximum absolute atomic E-state index is 12.5. The molecule has 0 aliphatic heterocycles. The summed E-state index contributed by atoms with van der Waals surface area (Å²) in [6.07, 6.45) is 2.71. The second kappa shape index (κ2) is 8.30. The summed E-state index contributed by atoms with van der Waals surface area (Å²) in [5.41, 5.74) is 1.47. The van der Waals surface area contributed by atoms with Gasteiger partial charge in [0.2, 0.25) is 5.91 Å². The van der Waals surface area contributed by atoms with Crippen molar-refractivity contribution in [3.05, 3.63) is 16.0 Å². The average Bonchev–Trinajstić information content (AvgIpc) is 3.12. The molecule has 146 valence electrons. The number of esters is 1. The Morgan fingerprint density at radius 2 is 2.30 bits per heavy atom. The zero-order chi connectivity index (χ0) is 19.6. The summed E-state index contributed by atoms with van der Waals surface area (Å²) >= 11 is 2.48. The Morgan fingerprint density at radius 3 is 2.96 bits per heavy atom. The number of aryl methyl sites for hydroxylation is 1. The number of carbonyl (C=O) groups is 2. The number of nitrogens with zero attached hydrogens (tertiary/aromatic N) is 2. The summed E-state index contributed by atoms with van der Waals surface area (Å²) in [7, 11) is 1.57. The van der Waals surface area contributed by atoms with E-state index in [4.69, 9.17) is 4.74 Å².